The first-order valence-corrected chi connectivity index (χ1v) is 10.9. The van der Waals surface area contributed by atoms with E-state index in [0.29, 0.717) is 38.5 Å². The van der Waals surface area contributed by atoms with E-state index in [9.17, 15) is 19.5 Å². The van der Waals surface area contributed by atoms with Gasteiger partial charge >= 0.3 is 0 Å². The molecule has 0 spiro atoms. The number of nitrogens with one attached hydrogen (secondary N) is 3. The number of piperidine rings is 1. The number of amides is 2. The lowest BCUT2D eigenvalue weighted by Crippen LogP contribution is -2.58. The third-order valence-electron chi connectivity index (χ3n) is 5.09. The SMILES string of the molecule is CC(C)COC1CNCC(C(=O)N[C@H](C(=O)N[C@@H](CCN)C(=O)C(C)C)[C@H](C)O)C1. The molecule has 30 heavy (non-hydrogen) atoms. The molecular formula is C21H40N4O5. The number of aliphatic hydroxyl groups is 1. The van der Waals surface area contributed by atoms with Crippen molar-refractivity contribution in [1.82, 2.24) is 16.0 Å². The highest BCUT2D eigenvalue weighted by molar-refractivity contribution is 5.94. The van der Waals surface area contributed by atoms with Crippen LogP contribution in [-0.2, 0) is 19.1 Å². The van der Waals surface area contributed by atoms with Gasteiger partial charge in [-0.1, -0.05) is 27.7 Å². The predicted molar refractivity (Wildman–Crippen MR) is 115 cm³/mol. The van der Waals surface area contributed by atoms with Crippen molar-refractivity contribution in [2.75, 3.05) is 26.2 Å². The lowest BCUT2D eigenvalue weighted by Gasteiger charge is -2.31. The molecule has 5 atom stereocenters. The Morgan fingerprint density at radius 1 is 1.13 bits per heavy atom. The zero-order chi connectivity index (χ0) is 22.8. The number of rotatable bonds is 12. The largest absolute Gasteiger partial charge is 0.391 e. The van der Waals surface area contributed by atoms with E-state index in [1.807, 2.05) is 0 Å². The Bertz CT molecular complexity index is 568. The Morgan fingerprint density at radius 2 is 1.80 bits per heavy atom. The van der Waals surface area contributed by atoms with Crippen LogP contribution >= 0.6 is 0 Å². The van der Waals surface area contributed by atoms with Crippen molar-refractivity contribution in [3.8, 4) is 0 Å². The first-order valence-electron chi connectivity index (χ1n) is 10.9. The summed E-state index contributed by atoms with van der Waals surface area (Å²) in [5.41, 5.74) is 5.57. The van der Waals surface area contributed by atoms with E-state index in [2.05, 4.69) is 29.8 Å². The fourth-order valence-corrected chi connectivity index (χ4v) is 3.35. The quantitative estimate of drug-likeness (QED) is 0.284. The Morgan fingerprint density at radius 3 is 2.33 bits per heavy atom. The van der Waals surface area contributed by atoms with Crippen molar-refractivity contribution in [2.24, 2.45) is 23.5 Å². The normalized spacial score (nSPS) is 22.4. The second-order valence-corrected chi connectivity index (χ2v) is 8.86. The van der Waals surface area contributed by atoms with Gasteiger partial charge in [-0.05, 0) is 32.2 Å². The number of nitrogens with two attached hydrogens (primary N) is 1. The van der Waals surface area contributed by atoms with Crippen LogP contribution in [0.4, 0.5) is 0 Å². The fraction of sp³-hybridized carbons (Fsp3) is 0.857. The van der Waals surface area contributed by atoms with Crippen LogP contribution in [0.2, 0.25) is 0 Å². The average molecular weight is 429 g/mol. The molecule has 9 nitrogen and oxygen atoms in total. The van der Waals surface area contributed by atoms with Gasteiger partial charge in [0.2, 0.25) is 11.8 Å². The fourth-order valence-electron chi connectivity index (χ4n) is 3.35. The van der Waals surface area contributed by atoms with Crippen molar-refractivity contribution < 1.29 is 24.2 Å². The van der Waals surface area contributed by atoms with Crippen LogP contribution < -0.4 is 21.7 Å². The molecule has 0 saturated carbocycles. The molecule has 6 N–H and O–H groups in total. The van der Waals surface area contributed by atoms with Crippen LogP contribution in [0.3, 0.4) is 0 Å². The Hall–Kier alpha value is -1.55. The minimum absolute atomic E-state index is 0.0756. The molecule has 0 aromatic carbocycles. The molecule has 1 aliphatic rings. The number of carbonyl (C=O) groups excluding carboxylic acids is 3. The van der Waals surface area contributed by atoms with Gasteiger partial charge in [0.05, 0.1) is 24.2 Å². The topological polar surface area (TPSA) is 143 Å². The second kappa shape index (κ2) is 13.0. The summed E-state index contributed by atoms with van der Waals surface area (Å²) in [6, 6.07) is -1.90. The summed E-state index contributed by atoms with van der Waals surface area (Å²) in [7, 11) is 0. The number of hydrogen-bond donors (Lipinski definition) is 5. The van der Waals surface area contributed by atoms with E-state index in [-0.39, 0.29) is 36.2 Å². The summed E-state index contributed by atoms with van der Waals surface area (Å²) in [4.78, 5) is 37.8. The maximum absolute atomic E-state index is 12.8. The molecule has 1 fully saturated rings. The van der Waals surface area contributed by atoms with E-state index in [1.54, 1.807) is 13.8 Å². The van der Waals surface area contributed by atoms with Crippen molar-refractivity contribution in [3.63, 3.8) is 0 Å². The predicted octanol–water partition coefficient (Wildman–Crippen LogP) is -0.439. The van der Waals surface area contributed by atoms with Gasteiger partial charge in [0.15, 0.2) is 5.78 Å². The van der Waals surface area contributed by atoms with Gasteiger partial charge in [-0.2, -0.15) is 0 Å². The van der Waals surface area contributed by atoms with Crippen LogP contribution in [-0.4, -0.2) is 73.2 Å². The third-order valence-corrected chi connectivity index (χ3v) is 5.09. The highest BCUT2D eigenvalue weighted by Crippen LogP contribution is 2.15. The first-order chi connectivity index (χ1) is 14.1. The number of ketones is 1. The van der Waals surface area contributed by atoms with Crippen molar-refractivity contribution in [1.29, 1.82) is 0 Å². The van der Waals surface area contributed by atoms with E-state index in [4.69, 9.17) is 10.5 Å². The highest BCUT2D eigenvalue weighted by atomic mass is 16.5. The summed E-state index contributed by atoms with van der Waals surface area (Å²) in [5, 5.41) is 18.6. The van der Waals surface area contributed by atoms with Gasteiger partial charge in [0.1, 0.15) is 6.04 Å². The monoisotopic (exact) mass is 428 g/mol. The molecule has 2 amide bonds. The molecule has 0 aromatic heterocycles. The molecule has 1 aliphatic heterocycles. The zero-order valence-corrected chi connectivity index (χ0v) is 18.9. The van der Waals surface area contributed by atoms with Crippen LogP contribution in [0, 0.1) is 17.8 Å². The number of ether oxygens (including phenoxy) is 1. The van der Waals surface area contributed by atoms with E-state index in [0.717, 1.165) is 0 Å². The summed E-state index contributed by atoms with van der Waals surface area (Å²) in [6.07, 6.45) is -0.356. The van der Waals surface area contributed by atoms with Crippen molar-refractivity contribution in [2.45, 2.75) is 71.8 Å². The van der Waals surface area contributed by atoms with Gasteiger partial charge in [-0.25, -0.2) is 0 Å². The maximum Gasteiger partial charge on any atom is 0.245 e. The van der Waals surface area contributed by atoms with E-state index >= 15 is 0 Å². The van der Waals surface area contributed by atoms with Crippen LogP contribution in [0.25, 0.3) is 0 Å². The molecule has 1 rings (SSSR count). The smallest absolute Gasteiger partial charge is 0.245 e. The summed E-state index contributed by atoms with van der Waals surface area (Å²) < 4.78 is 5.83. The molecule has 0 aliphatic carbocycles. The highest BCUT2D eigenvalue weighted by Gasteiger charge is 2.34. The zero-order valence-electron chi connectivity index (χ0n) is 18.9. The molecule has 1 saturated heterocycles. The molecule has 0 aromatic rings. The number of carbonyl (C=O) groups is 3. The molecule has 0 bridgehead atoms. The first kappa shape index (κ1) is 26.5. The number of hydrogen-bond acceptors (Lipinski definition) is 7. The van der Waals surface area contributed by atoms with Crippen molar-refractivity contribution in [3.05, 3.63) is 0 Å². The minimum Gasteiger partial charge on any atom is -0.391 e. The Labute approximate surface area is 179 Å². The molecular weight excluding hydrogens is 388 g/mol. The standard InChI is InChI=1S/C21H40N4O5/c1-12(2)11-30-16-8-15(9-23-10-16)20(28)25-18(14(5)26)21(29)24-17(6-7-22)19(27)13(3)4/h12-18,23,26H,6-11,22H2,1-5H3,(H,24,29)(H,25,28)/t14-,15?,16?,17-,18-/m0/s1. The van der Waals surface area contributed by atoms with E-state index < -0.39 is 24.1 Å². The number of aliphatic hydroxyl groups excluding tert-OH is 1. The van der Waals surface area contributed by atoms with Gasteiger partial charge < -0.3 is 31.5 Å². The lowest BCUT2D eigenvalue weighted by molar-refractivity contribution is -0.136. The maximum atomic E-state index is 12.8. The lowest BCUT2D eigenvalue weighted by atomic mass is 9.95. The van der Waals surface area contributed by atoms with E-state index in [1.165, 1.54) is 6.92 Å². The van der Waals surface area contributed by atoms with Crippen LogP contribution in [0.1, 0.15) is 47.5 Å². The molecule has 1 heterocycles. The summed E-state index contributed by atoms with van der Waals surface area (Å²) in [5.74, 6) is -1.29. The molecule has 0 radical (unpaired) electrons. The Kier molecular flexibility index (Phi) is 11.5. The summed E-state index contributed by atoms with van der Waals surface area (Å²) >= 11 is 0. The Balaban J connectivity index is 2.74. The average Bonchev–Trinajstić information content (AvgIpc) is 2.69. The molecule has 174 valence electrons. The van der Waals surface area contributed by atoms with Crippen LogP contribution in [0.5, 0.6) is 0 Å². The third kappa shape index (κ3) is 8.67. The molecule has 9 heteroatoms. The number of Topliss-reactive ketones (excluding diaryl/α,β-unsaturated/α-hetero) is 1. The van der Waals surface area contributed by atoms with Gasteiger partial charge in [-0.3, -0.25) is 14.4 Å². The van der Waals surface area contributed by atoms with Crippen molar-refractivity contribution >= 4 is 17.6 Å². The second-order valence-electron chi connectivity index (χ2n) is 8.86. The minimum atomic E-state index is -1.16. The van der Waals surface area contributed by atoms with Gasteiger partial charge in [-0.15, -0.1) is 0 Å². The van der Waals surface area contributed by atoms with Gasteiger partial charge in [0, 0.05) is 25.6 Å². The molecule has 2 unspecified atom stereocenters. The van der Waals surface area contributed by atoms with Gasteiger partial charge in [0.25, 0.3) is 0 Å². The van der Waals surface area contributed by atoms with Crippen LogP contribution in [0.15, 0.2) is 0 Å². The summed E-state index contributed by atoms with van der Waals surface area (Å²) in [6.45, 7) is 11.1.